The number of carbonyl (C=O) groups excluding carboxylic acids is 1. The van der Waals surface area contributed by atoms with Gasteiger partial charge >= 0.3 is 0 Å². The zero-order valence-electron chi connectivity index (χ0n) is 15.8. The zero-order chi connectivity index (χ0) is 21.3. The number of H-pyrrole nitrogens is 1. The van der Waals surface area contributed by atoms with E-state index in [0.29, 0.717) is 32.9 Å². The third-order valence-electron chi connectivity index (χ3n) is 4.47. The number of ether oxygens (including phenoxy) is 2. The van der Waals surface area contributed by atoms with Gasteiger partial charge in [0.2, 0.25) is 5.91 Å². The van der Waals surface area contributed by atoms with Crippen molar-refractivity contribution in [2.75, 3.05) is 13.8 Å². The van der Waals surface area contributed by atoms with Gasteiger partial charge in [-0.3, -0.25) is 19.7 Å². The Morgan fingerprint density at radius 2 is 2.30 bits per heavy atom. The lowest BCUT2D eigenvalue weighted by Gasteiger charge is -2.19. The second-order valence-electron chi connectivity index (χ2n) is 6.57. The number of rotatable bonds is 5. The lowest BCUT2D eigenvalue weighted by atomic mass is 10.1. The Bertz CT molecular complexity index is 1230. The largest absolute Gasteiger partial charge is 0.467 e. The maximum absolute atomic E-state index is 12.5. The summed E-state index contributed by atoms with van der Waals surface area (Å²) in [6, 6.07) is 4.48. The van der Waals surface area contributed by atoms with Gasteiger partial charge < -0.3 is 19.4 Å². The molecule has 3 heterocycles. The highest BCUT2D eigenvalue weighted by Crippen LogP contribution is 2.33. The number of likely N-dealkylation sites (N-methyl/N-ethyl adjacent to an activating group) is 1. The van der Waals surface area contributed by atoms with E-state index in [0.717, 1.165) is 0 Å². The van der Waals surface area contributed by atoms with Crippen molar-refractivity contribution in [3.63, 3.8) is 0 Å². The van der Waals surface area contributed by atoms with E-state index in [9.17, 15) is 19.7 Å². The number of nitro benzene ring substituents is 1. The number of benzene rings is 1. The second-order valence-corrected chi connectivity index (χ2v) is 7.48. The van der Waals surface area contributed by atoms with Crippen molar-refractivity contribution in [1.82, 2.24) is 14.9 Å². The van der Waals surface area contributed by atoms with Crippen LogP contribution < -0.4 is 10.3 Å². The minimum absolute atomic E-state index is 0.0313. The Labute approximate surface area is 173 Å². The van der Waals surface area contributed by atoms with Gasteiger partial charge in [-0.1, -0.05) is 0 Å². The molecule has 30 heavy (non-hydrogen) atoms. The first-order valence-electron chi connectivity index (χ1n) is 8.84. The molecule has 0 unspecified atom stereocenters. The van der Waals surface area contributed by atoms with Gasteiger partial charge in [0.1, 0.15) is 16.3 Å². The summed E-state index contributed by atoms with van der Waals surface area (Å²) in [6.45, 7) is 0.320. The molecule has 154 valence electrons. The Kier molecular flexibility index (Phi) is 5.29. The summed E-state index contributed by atoms with van der Waals surface area (Å²) >= 11 is 1.30. The second kappa shape index (κ2) is 8.05. The highest BCUT2D eigenvalue weighted by atomic mass is 32.1. The summed E-state index contributed by atoms with van der Waals surface area (Å²) in [7, 11) is 1.57. The van der Waals surface area contributed by atoms with E-state index >= 15 is 0 Å². The maximum Gasteiger partial charge on any atom is 0.270 e. The molecule has 0 bridgehead atoms. The van der Waals surface area contributed by atoms with Gasteiger partial charge in [-0.2, -0.15) is 0 Å². The molecule has 0 aliphatic carbocycles. The molecule has 1 aliphatic heterocycles. The Morgan fingerprint density at radius 3 is 3.10 bits per heavy atom. The highest BCUT2D eigenvalue weighted by Gasteiger charge is 2.20. The van der Waals surface area contributed by atoms with Crippen molar-refractivity contribution in [2.45, 2.75) is 13.2 Å². The molecule has 3 aromatic rings. The fourth-order valence-electron chi connectivity index (χ4n) is 3.05. The topological polar surface area (TPSA) is 128 Å². The van der Waals surface area contributed by atoms with Crippen LogP contribution in [0.5, 0.6) is 5.75 Å². The molecular formula is C19H16N4O6S. The fourth-order valence-corrected chi connectivity index (χ4v) is 3.77. The van der Waals surface area contributed by atoms with Gasteiger partial charge in [0.25, 0.3) is 11.2 Å². The number of fused-ring (bicyclic) bond motifs is 2. The Hall–Kier alpha value is -3.57. The van der Waals surface area contributed by atoms with Crippen LogP contribution in [0.15, 0.2) is 34.4 Å². The van der Waals surface area contributed by atoms with E-state index in [2.05, 4.69) is 9.97 Å². The molecular weight excluding hydrogens is 412 g/mol. The lowest BCUT2D eigenvalue weighted by molar-refractivity contribution is -0.385. The molecule has 0 fully saturated rings. The summed E-state index contributed by atoms with van der Waals surface area (Å²) in [5.74, 6) is 0.450. The molecule has 1 aromatic carbocycles. The number of nitro groups is 1. The Morgan fingerprint density at radius 1 is 1.47 bits per heavy atom. The first kappa shape index (κ1) is 19.7. The molecule has 11 heteroatoms. The molecule has 1 amide bonds. The van der Waals surface area contributed by atoms with E-state index in [1.54, 1.807) is 18.5 Å². The summed E-state index contributed by atoms with van der Waals surface area (Å²) in [5.41, 5.74) is 1.17. The van der Waals surface area contributed by atoms with Crippen molar-refractivity contribution >= 4 is 39.2 Å². The third kappa shape index (κ3) is 3.93. The Balaban J connectivity index is 1.54. The van der Waals surface area contributed by atoms with Gasteiger partial charge in [-0.15, -0.1) is 11.3 Å². The lowest BCUT2D eigenvalue weighted by Crippen LogP contribution is -2.26. The predicted octanol–water partition coefficient (Wildman–Crippen LogP) is 2.43. The summed E-state index contributed by atoms with van der Waals surface area (Å²) < 4.78 is 11.2. The van der Waals surface area contributed by atoms with E-state index < -0.39 is 4.92 Å². The normalized spacial score (nSPS) is 13.2. The average molecular weight is 428 g/mol. The number of aromatic amines is 1. The molecule has 0 saturated heterocycles. The van der Waals surface area contributed by atoms with Crippen LogP contribution in [0, 0.1) is 10.1 Å². The first-order chi connectivity index (χ1) is 14.4. The maximum atomic E-state index is 12.5. The van der Waals surface area contributed by atoms with E-state index in [1.165, 1.54) is 40.5 Å². The minimum Gasteiger partial charge on any atom is -0.467 e. The van der Waals surface area contributed by atoms with Gasteiger partial charge in [0.05, 0.1) is 23.6 Å². The number of non-ortho nitro benzene ring substituents is 1. The number of hydrogen-bond acceptors (Lipinski definition) is 8. The van der Waals surface area contributed by atoms with Crippen LogP contribution in [0.2, 0.25) is 0 Å². The summed E-state index contributed by atoms with van der Waals surface area (Å²) in [4.78, 5) is 43.7. The SMILES string of the molecule is CN(Cc1nc2ccsc2c(=O)[nH]1)C(=O)/C=C/c1cc([N+](=O)[O-])cc2c1OCOC2. The number of hydrogen-bond donors (Lipinski definition) is 1. The van der Waals surface area contributed by atoms with Crippen molar-refractivity contribution in [3.05, 3.63) is 67.1 Å². The van der Waals surface area contributed by atoms with Crippen molar-refractivity contribution in [2.24, 2.45) is 0 Å². The number of thiophene rings is 1. The number of amides is 1. The molecule has 0 saturated carbocycles. The molecule has 0 spiro atoms. The predicted molar refractivity (Wildman–Crippen MR) is 109 cm³/mol. The monoisotopic (exact) mass is 428 g/mol. The van der Waals surface area contributed by atoms with Gasteiger partial charge in [-0.25, -0.2) is 4.98 Å². The van der Waals surface area contributed by atoms with Crippen LogP contribution in [-0.2, 0) is 22.7 Å². The van der Waals surface area contributed by atoms with Crippen molar-refractivity contribution < 1.29 is 19.2 Å². The number of carbonyl (C=O) groups is 1. The molecule has 1 aliphatic rings. The number of aromatic nitrogens is 2. The highest BCUT2D eigenvalue weighted by molar-refractivity contribution is 7.17. The molecule has 0 radical (unpaired) electrons. The van der Waals surface area contributed by atoms with E-state index in [4.69, 9.17) is 9.47 Å². The summed E-state index contributed by atoms with van der Waals surface area (Å²) in [6.07, 6.45) is 2.76. The standard InChI is InChI=1S/C19H16N4O6S/c1-22(8-15-20-14-4-5-30-18(14)19(25)21-15)16(24)3-2-11-6-13(23(26)27)7-12-9-28-10-29-17(11)12/h2-7H,8-10H2,1H3,(H,20,21,25)/b3-2+. The number of nitrogens with zero attached hydrogens (tertiary/aromatic N) is 3. The molecule has 0 atom stereocenters. The van der Waals surface area contributed by atoms with Crippen molar-refractivity contribution in [1.29, 1.82) is 0 Å². The van der Waals surface area contributed by atoms with Gasteiger partial charge in [-0.05, 0) is 17.5 Å². The van der Waals surface area contributed by atoms with Crippen LogP contribution in [0.1, 0.15) is 17.0 Å². The van der Waals surface area contributed by atoms with Crippen LogP contribution in [0.4, 0.5) is 5.69 Å². The first-order valence-corrected chi connectivity index (χ1v) is 9.72. The third-order valence-corrected chi connectivity index (χ3v) is 5.37. The van der Waals surface area contributed by atoms with Crippen LogP contribution >= 0.6 is 11.3 Å². The smallest absolute Gasteiger partial charge is 0.270 e. The zero-order valence-corrected chi connectivity index (χ0v) is 16.6. The van der Waals surface area contributed by atoms with Gasteiger partial charge in [0.15, 0.2) is 6.79 Å². The van der Waals surface area contributed by atoms with Crippen LogP contribution in [0.25, 0.3) is 16.3 Å². The van der Waals surface area contributed by atoms with E-state index in [-0.39, 0.29) is 37.1 Å². The quantitative estimate of drug-likeness (QED) is 0.375. The van der Waals surface area contributed by atoms with Crippen LogP contribution in [0.3, 0.4) is 0 Å². The average Bonchev–Trinajstić information content (AvgIpc) is 3.20. The minimum atomic E-state index is -0.511. The van der Waals surface area contributed by atoms with Crippen LogP contribution in [-0.4, -0.2) is 39.5 Å². The van der Waals surface area contributed by atoms with Gasteiger partial charge in [0, 0.05) is 36.4 Å². The molecule has 2 aromatic heterocycles. The number of nitrogens with one attached hydrogen (secondary N) is 1. The molecule has 4 rings (SSSR count). The van der Waals surface area contributed by atoms with E-state index in [1.807, 2.05) is 0 Å². The molecule has 1 N–H and O–H groups in total. The molecule has 10 nitrogen and oxygen atoms in total. The van der Waals surface area contributed by atoms with Crippen molar-refractivity contribution in [3.8, 4) is 5.75 Å². The summed E-state index contributed by atoms with van der Waals surface area (Å²) in [5, 5.41) is 13.0. The fraction of sp³-hybridized carbons (Fsp3) is 0.211.